The van der Waals surface area contributed by atoms with Gasteiger partial charge in [0.15, 0.2) is 5.01 Å². The summed E-state index contributed by atoms with van der Waals surface area (Å²) in [6.45, 7) is 5.62. The molecule has 0 aliphatic carbocycles. The molecule has 1 aliphatic rings. The van der Waals surface area contributed by atoms with Gasteiger partial charge in [0.2, 0.25) is 0 Å². The van der Waals surface area contributed by atoms with Crippen molar-refractivity contribution in [3.8, 4) is 0 Å². The molecule has 1 aliphatic heterocycles. The maximum absolute atomic E-state index is 12.5. The van der Waals surface area contributed by atoms with Crippen LogP contribution in [0.2, 0.25) is 0 Å². The average Bonchev–Trinajstić information content (AvgIpc) is 2.83. The molecule has 0 aromatic carbocycles. The van der Waals surface area contributed by atoms with Crippen molar-refractivity contribution in [2.24, 2.45) is 11.3 Å². The molecule has 4 nitrogen and oxygen atoms in total. The zero-order valence-corrected chi connectivity index (χ0v) is 12.6. The highest BCUT2D eigenvalue weighted by Gasteiger charge is 2.40. The van der Waals surface area contributed by atoms with E-state index in [2.05, 4.69) is 4.98 Å². The summed E-state index contributed by atoms with van der Waals surface area (Å²) in [7, 11) is 0. The van der Waals surface area contributed by atoms with Crippen LogP contribution in [0.4, 0.5) is 13.2 Å². The van der Waals surface area contributed by atoms with Gasteiger partial charge in [-0.2, -0.15) is 13.2 Å². The molecule has 2 rings (SSSR count). The fourth-order valence-electron chi connectivity index (χ4n) is 2.73. The van der Waals surface area contributed by atoms with Crippen molar-refractivity contribution in [1.82, 2.24) is 9.88 Å². The monoisotopic (exact) mass is 322 g/mol. The second-order valence-corrected chi connectivity index (χ2v) is 7.20. The summed E-state index contributed by atoms with van der Waals surface area (Å²) in [4.78, 5) is 16.8. The number of hydrogen-bond acceptors (Lipinski definition) is 4. The van der Waals surface area contributed by atoms with Crippen molar-refractivity contribution in [2.75, 3.05) is 13.1 Å². The lowest BCUT2D eigenvalue weighted by molar-refractivity contribution is -0.139. The van der Waals surface area contributed by atoms with Crippen LogP contribution in [0.25, 0.3) is 0 Å². The molecular weight excluding hydrogens is 305 g/mol. The minimum atomic E-state index is -4.40. The zero-order valence-electron chi connectivity index (χ0n) is 11.8. The first-order valence-electron chi connectivity index (χ1n) is 6.54. The Balaban J connectivity index is 2.01. The van der Waals surface area contributed by atoms with Gasteiger partial charge in [-0.05, 0) is 11.3 Å². The second kappa shape index (κ2) is 5.57. The maximum Gasteiger partial charge on any atom is 0.443 e. The van der Waals surface area contributed by atoms with Gasteiger partial charge in [-0.25, -0.2) is 4.98 Å². The van der Waals surface area contributed by atoms with Gasteiger partial charge in [-0.15, -0.1) is 11.3 Å². The number of nitrogens with zero attached hydrogens (tertiary/aromatic N) is 2. The molecule has 0 spiro atoms. The van der Waals surface area contributed by atoms with Gasteiger partial charge in [0.25, 0.3) is 0 Å². The average molecular weight is 322 g/mol. The summed E-state index contributed by atoms with van der Waals surface area (Å²) in [6, 6.07) is 0. The van der Waals surface area contributed by atoms with Crippen molar-refractivity contribution >= 4 is 17.3 Å². The van der Waals surface area contributed by atoms with E-state index in [1.54, 1.807) is 0 Å². The Morgan fingerprint density at radius 2 is 2.24 bits per heavy atom. The molecule has 8 heteroatoms. The van der Waals surface area contributed by atoms with E-state index in [1.807, 2.05) is 18.7 Å². The zero-order chi connectivity index (χ0) is 15.8. The summed E-state index contributed by atoms with van der Waals surface area (Å²) >= 11 is 0.648. The molecule has 0 radical (unpaired) electrons. The van der Waals surface area contributed by atoms with Gasteiger partial charge >= 0.3 is 12.1 Å². The molecule has 118 valence electrons. The minimum absolute atomic E-state index is 0.00464. The Morgan fingerprint density at radius 3 is 2.76 bits per heavy atom. The maximum atomic E-state index is 12.5. The van der Waals surface area contributed by atoms with Crippen molar-refractivity contribution in [2.45, 2.75) is 33.0 Å². The largest absolute Gasteiger partial charge is 0.481 e. The third-order valence-electron chi connectivity index (χ3n) is 3.81. The van der Waals surface area contributed by atoms with Crippen LogP contribution in [-0.2, 0) is 17.5 Å². The Labute approximate surface area is 124 Å². The first-order valence-corrected chi connectivity index (χ1v) is 7.35. The quantitative estimate of drug-likeness (QED) is 0.925. The van der Waals surface area contributed by atoms with Crippen LogP contribution in [0.5, 0.6) is 0 Å². The van der Waals surface area contributed by atoms with Crippen LogP contribution in [0.1, 0.15) is 30.2 Å². The molecular formula is C13H17F3N2O2S. The molecule has 21 heavy (non-hydrogen) atoms. The molecule has 1 aromatic heterocycles. The van der Waals surface area contributed by atoms with Gasteiger partial charge in [0.1, 0.15) is 0 Å². The standard InChI is InChI=1S/C13H17F3N2O2S/c1-12(2)7-18(5-8(12)3-10(19)20)6-9-4-17-11(21-9)13(14,15)16/h4,8H,3,5-7H2,1-2H3,(H,19,20). The Kier molecular flexibility index (Phi) is 4.30. The summed E-state index contributed by atoms with van der Waals surface area (Å²) in [5.74, 6) is -0.836. The van der Waals surface area contributed by atoms with E-state index in [1.165, 1.54) is 6.20 Å². The lowest BCUT2D eigenvalue weighted by Gasteiger charge is -2.24. The van der Waals surface area contributed by atoms with Crippen molar-refractivity contribution < 1.29 is 23.1 Å². The third kappa shape index (κ3) is 3.94. The molecule has 0 amide bonds. The minimum Gasteiger partial charge on any atom is -0.481 e. The van der Waals surface area contributed by atoms with Crippen LogP contribution in [0.15, 0.2) is 6.20 Å². The number of alkyl halides is 3. The smallest absolute Gasteiger partial charge is 0.443 e. The summed E-state index contributed by atoms with van der Waals surface area (Å²) in [5.41, 5.74) is -0.157. The third-order valence-corrected chi connectivity index (χ3v) is 4.84. The normalized spacial score (nSPS) is 22.6. The highest BCUT2D eigenvalue weighted by Crippen LogP contribution is 2.39. The Hall–Kier alpha value is -1.15. The van der Waals surface area contributed by atoms with Crippen LogP contribution in [-0.4, -0.2) is 34.0 Å². The van der Waals surface area contributed by atoms with Crippen LogP contribution >= 0.6 is 11.3 Å². The Bertz CT molecular complexity index is 528. The van der Waals surface area contributed by atoms with E-state index in [-0.39, 0.29) is 17.8 Å². The van der Waals surface area contributed by atoms with Gasteiger partial charge in [0.05, 0.1) is 0 Å². The van der Waals surface area contributed by atoms with Crippen molar-refractivity contribution in [1.29, 1.82) is 0 Å². The number of thiazole rings is 1. The van der Waals surface area contributed by atoms with Crippen LogP contribution in [0.3, 0.4) is 0 Å². The van der Waals surface area contributed by atoms with E-state index < -0.39 is 17.2 Å². The lowest BCUT2D eigenvalue weighted by atomic mass is 9.80. The van der Waals surface area contributed by atoms with E-state index in [4.69, 9.17) is 5.11 Å². The number of hydrogen-bond donors (Lipinski definition) is 1. The van der Waals surface area contributed by atoms with Gasteiger partial charge in [-0.1, -0.05) is 13.8 Å². The number of aliphatic carboxylic acids is 1. The van der Waals surface area contributed by atoms with E-state index in [0.717, 1.165) is 0 Å². The Morgan fingerprint density at radius 1 is 1.57 bits per heavy atom. The van der Waals surface area contributed by atoms with E-state index in [0.29, 0.717) is 35.8 Å². The molecule has 1 fully saturated rings. The topological polar surface area (TPSA) is 53.4 Å². The molecule has 1 N–H and O–H groups in total. The first-order chi connectivity index (χ1) is 9.58. The summed E-state index contributed by atoms with van der Waals surface area (Å²) < 4.78 is 37.5. The highest BCUT2D eigenvalue weighted by molar-refractivity contribution is 7.11. The number of carbonyl (C=O) groups is 1. The first kappa shape index (κ1) is 16.2. The van der Waals surface area contributed by atoms with Crippen molar-refractivity contribution in [3.05, 3.63) is 16.1 Å². The SMILES string of the molecule is CC1(C)CN(Cc2cnc(C(F)(F)F)s2)CC1CC(=O)O. The van der Waals surface area contributed by atoms with E-state index >= 15 is 0 Å². The van der Waals surface area contributed by atoms with E-state index in [9.17, 15) is 18.0 Å². The van der Waals surface area contributed by atoms with Gasteiger partial charge < -0.3 is 5.11 Å². The predicted octanol–water partition coefficient (Wildman–Crippen LogP) is 3.09. The molecule has 2 heterocycles. The molecule has 0 saturated carbocycles. The summed E-state index contributed by atoms with van der Waals surface area (Å²) in [6.07, 6.45) is -3.07. The number of likely N-dealkylation sites (tertiary alicyclic amines) is 1. The molecule has 1 saturated heterocycles. The molecule has 1 atom stereocenters. The summed E-state index contributed by atoms with van der Waals surface area (Å²) in [5, 5.41) is 8.09. The number of carboxylic acid groups (broad SMARTS) is 1. The molecule has 1 aromatic rings. The van der Waals surface area contributed by atoms with Crippen LogP contribution < -0.4 is 0 Å². The fraction of sp³-hybridized carbons (Fsp3) is 0.692. The number of rotatable bonds is 4. The van der Waals surface area contributed by atoms with Crippen molar-refractivity contribution in [3.63, 3.8) is 0 Å². The lowest BCUT2D eigenvalue weighted by Crippen LogP contribution is -2.24. The number of carboxylic acids is 1. The van der Waals surface area contributed by atoms with Crippen LogP contribution in [0, 0.1) is 11.3 Å². The van der Waals surface area contributed by atoms with Gasteiger partial charge in [-0.3, -0.25) is 9.69 Å². The van der Waals surface area contributed by atoms with Gasteiger partial charge in [0, 0.05) is 37.1 Å². The predicted molar refractivity (Wildman–Crippen MR) is 71.9 cm³/mol. The molecule has 1 unspecified atom stereocenters. The fourth-order valence-corrected chi connectivity index (χ4v) is 3.55. The number of aromatic nitrogens is 1. The second-order valence-electron chi connectivity index (χ2n) is 6.08. The highest BCUT2D eigenvalue weighted by atomic mass is 32.1. The molecule has 0 bridgehead atoms. The number of halogens is 3.